The fraction of sp³-hybridized carbons (Fsp3) is 0.378. The Morgan fingerprint density at radius 1 is 0.860 bits per heavy atom. The van der Waals surface area contributed by atoms with Gasteiger partial charge in [-0.2, -0.15) is 0 Å². The van der Waals surface area contributed by atoms with Crippen LogP contribution in [-0.4, -0.2) is 66.8 Å². The van der Waals surface area contributed by atoms with Crippen molar-refractivity contribution in [3.05, 3.63) is 134 Å². The Kier molecular flexibility index (Phi) is 14.0. The second kappa shape index (κ2) is 18.7. The number of hydrogen-bond acceptors (Lipinski definition) is 6. The number of nitrogens with zero attached hydrogens (tertiary/aromatic N) is 2. The molecule has 4 aromatic rings. The number of amides is 2. The molecule has 57 heavy (non-hydrogen) atoms. The van der Waals surface area contributed by atoms with Crippen molar-refractivity contribution in [1.82, 2.24) is 9.80 Å². The van der Waals surface area contributed by atoms with Gasteiger partial charge in [0.05, 0.1) is 21.1 Å². The first-order valence-corrected chi connectivity index (χ1v) is 23.6. The van der Waals surface area contributed by atoms with Gasteiger partial charge in [-0.1, -0.05) is 115 Å². The molecule has 1 atom stereocenters. The van der Waals surface area contributed by atoms with Gasteiger partial charge < -0.3 is 28.8 Å². The van der Waals surface area contributed by atoms with Gasteiger partial charge in [-0.25, -0.2) is 4.79 Å². The van der Waals surface area contributed by atoms with E-state index in [0.717, 1.165) is 35.1 Å². The summed E-state index contributed by atoms with van der Waals surface area (Å²) in [5, 5.41) is 0.979. The zero-order valence-corrected chi connectivity index (χ0v) is 36.2. The number of benzene rings is 4. The number of para-hydroxylation sites is 1. The number of halogens is 3. The minimum atomic E-state index is -2.65. The molecular weight excluding hydrogens is 799 g/mol. The molecule has 0 aromatic heterocycles. The standard InChI is InChI=1S/C45H51Cl3N2O6Si/c1-45(2,57(3,4)53)25-23-39-41(43(51)50(34-19-20-34)29-33-13-10-15-38(47)42(33)48)36(24-26-49(39)44(52)56-30-31-11-6-5-7-12-31)32-17-21-35(22-18-32)54-27-28-55-40-16-9-8-14-37(40)46/h5-18,21-22,34,39,53H,19-20,23-30H2,1-4H3. The molecule has 1 saturated carbocycles. The number of carbonyl (C=O) groups is 2. The molecule has 6 rings (SSSR count). The summed E-state index contributed by atoms with van der Waals surface area (Å²) in [5.74, 6) is 1.10. The van der Waals surface area contributed by atoms with E-state index in [1.54, 1.807) is 17.0 Å². The highest BCUT2D eigenvalue weighted by Gasteiger charge is 2.45. The topological polar surface area (TPSA) is 88.5 Å². The number of rotatable bonds is 16. The largest absolute Gasteiger partial charge is 0.490 e. The highest BCUT2D eigenvalue weighted by atomic mass is 35.5. The third-order valence-electron chi connectivity index (χ3n) is 11.3. The summed E-state index contributed by atoms with van der Waals surface area (Å²) in [4.78, 5) is 44.4. The van der Waals surface area contributed by atoms with Crippen molar-refractivity contribution in [2.24, 2.45) is 0 Å². The van der Waals surface area contributed by atoms with E-state index in [4.69, 9.17) is 49.0 Å². The van der Waals surface area contributed by atoms with E-state index in [9.17, 15) is 9.59 Å². The third-order valence-corrected chi connectivity index (χ3v) is 16.0. The average molecular weight is 850 g/mol. The van der Waals surface area contributed by atoms with Gasteiger partial charge >= 0.3 is 6.09 Å². The Bertz CT molecular complexity index is 2050. The van der Waals surface area contributed by atoms with Crippen LogP contribution < -0.4 is 9.47 Å². The molecule has 0 radical (unpaired) electrons. The van der Waals surface area contributed by atoms with E-state index in [0.29, 0.717) is 71.2 Å². The van der Waals surface area contributed by atoms with Crippen molar-refractivity contribution in [2.75, 3.05) is 19.8 Å². The number of hydrogen-bond donors (Lipinski definition) is 1. The van der Waals surface area contributed by atoms with Crippen LogP contribution in [-0.2, 0) is 22.7 Å². The highest BCUT2D eigenvalue weighted by molar-refractivity contribution is 6.72. The zero-order valence-electron chi connectivity index (χ0n) is 33.0. The van der Waals surface area contributed by atoms with Crippen molar-refractivity contribution in [3.63, 3.8) is 0 Å². The summed E-state index contributed by atoms with van der Waals surface area (Å²) in [5.41, 5.74) is 3.92. The Balaban J connectivity index is 1.35. The first kappa shape index (κ1) is 42.6. The summed E-state index contributed by atoms with van der Waals surface area (Å²) in [6, 6.07) is 29.5. The number of ether oxygens (including phenoxy) is 3. The maximum atomic E-state index is 15.4. The summed E-state index contributed by atoms with van der Waals surface area (Å²) in [7, 11) is -2.65. The fourth-order valence-corrected chi connectivity index (χ4v) is 8.29. The van der Waals surface area contributed by atoms with E-state index < -0.39 is 25.5 Å². The molecule has 302 valence electrons. The van der Waals surface area contributed by atoms with Crippen molar-refractivity contribution in [3.8, 4) is 11.5 Å². The van der Waals surface area contributed by atoms with Gasteiger partial charge in [0.25, 0.3) is 5.91 Å². The normalized spacial score (nSPS) is 16.0. The molecule has 1 unspecified atom stereocenters. The molecule has 1 N–H and O–H groups in total. The first-order chi connectivity index (χ1) is 27.2. The van der Waals surface area contributed by atoms with Crippen molar-refractivity contribution < 1.29 is 28.6 Å². The van der Waals surface area contributed by atoms with Crippen LogP contribution in [0, 0.1) is 0 Å². The summed E-state index contributed by atoms with van der Waals surface area (Å²) < 4.78 is 17.8. The smallest absolute Gasteiger partial charge is 0.410 e. The minimum Gasteiger partial charge on any atom is -0.490 e. The average Bonchev–Trinajstić information content (AvgIpc) is 4.04. The lowest BCUT2D eigenvalue weighted by Gasteiger charge is -2.42. The molecule has 0 bridgehead atoms. The molecule has 0 spiro atoms. The van der Waals surface area contributed by atoms with Crippen LogP contribution in [0.3, 0.4) is 0 Å². The minimum absolute atomic E-state index is 0.0198. The van der Waals surface area contributed by atoms with Gasteiger partial charge in [-0.05, 0) is 103 Å². The van der Waals surface area contributed by atoms with Crippen LogP contribution in [0.2, 0.25) is 33.2 Å². The van der Waals surface area contributed by atoms with Crippen molar-refractivity contribution in [1.29, 1.82) is 0 Å². The maximum Gasteiger partial charge on any atom is 0.410 e. The predicted octanol–water partition coefficient (Wildman–Crippen LogP) is 11.2. The zero-order chi connectivity index (χ0) is 40.7. The second-order valence-corrected chi connectivity index (χ2v) is 21.6. The second-order valence-electron chi connectivity index (χ2n) is 15.9. The summed E-state index contributed by atoms with van der Waals surface area (Å²) in [6.07, 6.45) is 2.73. The van der Waals surface area contributed by atoms with Gasteiger partial charge in [0.2, 0.25) is 0 Å². The molecule has 2 aliphatic rings. The Morgan fingerprint density at radius 3 is 2.21 bits per heavy atom. The first-order valence-electron chi connectivity index (χ1n) is 19.5. The van der Waals surface area contributed by atoms with Crippen LogP contribution in [0.1, 0.15) is 62.6 Å². The molecule has 1 heterocycles. The predicted molar refractivity (Wildman–Crippen MR) is 231 cm³/mol. The third kappa shape index (κ3) is 10.7. The van der Waals surface area contributed by atoms with Gasteiger partial charge in [-0.3, -0.25) is 4.79 Å². The SMILES string of the molecule is CC(C)(CCC1C(C(=O)N(Cc2cccc(Cl)c2Cl)C2CC2)=C(c2ccc(OCCOc3ccccc3Cl)cc2)CCN1C(=O)OCc1ccccc1)[Si](C)(C)O. The number of carbonyl (C=O) groups excluding carboxylic acids is 2. The molecule has 8 nitrogen and oxygen atoms in total. The van der Waals surface area contributed by atoms with Gasteiger partial charge in [0, 0.05) is 24.7 Å². The fourth-order valence-electron chi connectivity index (χ4n) is 6.96. The Labute approximate surface area is 352 Å². The molecule has 1 aliphatic heterocycles. The van der Waals surface area contributed by atoms with E-state index in [-0.39, 0.29) is 25.1 Å². The lowest BCUT2D eigenvalue weighted by Crippen LogP contribution is -2.50. The van der Waals surface area contributed by atoms with Crippen LogP contribution in [0.15, 0.2) is 103 Å². The Morgan fingerprint density at radius 2 is 1.53 bits per heavy atom. The quantitative estimate of drug-likeness (QED) is 0.0892. The maximum absolute atomic E-state index is 15.4. The van der Waals surface area contributed by atoms with Crippen LogP contribution >= 0.6 is 34.8 Å². The lowest BCUT2D eigenvalue weighted by atomic mass is 9.84. The molecule has 1 aliphatic carbocycles. The van der Waals surface area contributed by atoms with Gasteiger partial charge in [-0.15, -0.1) is 0 Å². The van der Waals surface area contributed by atoms with Gasteiger partial charge in [0.15, 0.2) is 8.32 Å². The van der Waals surface area contributed by atoms with Gasteiger partial charge in [0.1, 0.15) is 31.3 Å². The molecule has 1 fully saturated rings. The van der Waals surface area contributed by atoms with Crippen LogP contribution in [0.4, 0.5) is 4.79 Å². The monoisotopic (exact) mass is 848 g/mol. The molecule has 12 heteroatoms. The summed E-state index contributed by atoms with van der Waals surface area (Å²) >= 11 is 19.4. The molecule has 2 amide bonds. The lowest BCUT2D eigenvalue weighted by molar-refractivity contribution is -0.129. The highest BCUT2D eigenvalue weighted by Crippen LogP contribution is 2.44. The molecule has 0 saturated heterocycles. The van der Waals surface area contributed by atoms with E-state index in [1.807, 2.05) is 103 Å². The van der Waals surface area contributed by atoms with E-state index in [2.05, 4.69) is 13.8 Å². The van der Waals surface area contributed by atoms with Crippen molar-refractivity contribution in [2.45, 2.75) is 89.3 Å². The van der Waals surface area contributed by atoms with Crippen LogP contribution in [0.5, 0.6) is 11.5 Å². The van der Waals surface area contributed by atoms with E-state index >= 15 is 4.79 Å². The van der Waals surface area contributed by atoms with E-state index in [1.165, 1.54) is 0 Å². The Hall–Kier alpha value is -3.99. The summed E-state index contributed by atoms with van der Waals surface area (Å²) in [6.45, 7) is 9.36. The molecular formula is C45H51Cl3N2O6Si. The molecule has 4 aromatic carbocycles. The van der Waals surface area contributed by atoms with Crippen LogP contribution in [0.25, 0.3) is 5.57 Å². The van der Waals surface area contributed by atoms with Crippen molar-refractivity contribution >= 4 is 60.7 Å².